The summed E-state index contributed by atoms with van der Waals surface area (Å²) in [6.07, 6.45) is 4.77. The normalized spacial score (nSPS) is 22.1. The highest BCUT2D eigenvalue weighted by Crippen LogP contribution is 2.48. The van der Waals surface area contributed by atoms with Crippen molar-refractivity contribution >= 4 is 30.1 Å². The summed E-state index contributed by atoms with van der Waals surface area (Å²) in [5.74, 6) is -0.877. The molecule has 3 N–H and O–H groups in total. The first-order valence-corrected chi connectivity index (χ1v) is 13.9. The van der Waals surface area contributed by atoms with E-state index in [0.29, 0.717) is 25.7 Å². The van der Waals surface area contributed by atoms with Crippen LogP contribution in [0.1, 0.15) is 49.8 Å². The molecule has 2 aromatic rings. The summed E-state index contributed by atoms with van der Waals surface area (Å²) < 4.78 is 6.19. The van der Waals surface area contributed by atoms with E-state index in [1.807, 2.05) is 60.7 Å². The molecular weight excluding hydrogens is 540 g/mol. The lowest BCUT2D eigenvalue weighted by molar-refractivity contribution is -0.150. The molecule has 2 aliphatic rings. The Morgan fingerprint density at radius 3 is 2.12 bits per heavy atom. The second-order valence-corrected chi connectivity index (χ2v) is 10.6. The molecule has 2 saturated heterocycles. The number of nitrogens with one attached hydrogen (secondary N) is 3. The van der Waals surface area contributed by atoms with Crippen LogP contribution in [0.25, 0.3) is 0 Å². The predicted octanol–water partition coefficient (Wildman–Crippen LogP) is 3.89. The molecule has 2 fully saturated rings. The minimum Gasteiger partial charge on any atom is -0.358 e. The van der Waals surface area contributed by atoms with Gasteiger partial charge in [-0.25, -0.2) is 0 Å². The van der Waals surface area contributed by atoms with E-state index in [0.717, 1.165) is 11.1 Å². The topological polar surface area (TPSA) is 99.8 Å². The SMILES string of the molecule is C=CCC1(CC=C)CC2OCC[C@H](NC(=O)[C@H](C)NC)C(=O)N2C1C(=O)NC(c1ccccc1)c1ccccc1.Cl. The lowest BCUT2D eigenvalue weighted by Crippen LogP contribution is -2.59. The van der Waals surface area contributed by atoms with E-state index in [2.05, 4.69) is 29.1 Å². The maximum Gasteiger partial charge on any atom is 0.247 e. The molecule has 2 aromatic carbocycles. The first-order valence-electron chi connectivity index (χ1n) is 13.9. The first-order chi connectivity index (χ1) is 19.3. The fourth-order valence-corrected chi connectivity index (χ4v) is 5.94. The molecule has 0 saturated carbocycles. The molecule has 0 bridgehead atoms. The molecule has 4 rings (SSSR count). The number of ether oxygens (including phenoxy) is 1. The van der Waals surface area contributed by atoms with Crippen LogP contribution < -0.4 is 16.0 Å². The van der Waals surface area contributed by atoms with Crippen molar-refractivity contribution in [3.8, 4) is 0 Å². The monoisotopic (exact) mass is 580 g/mol. The van der Waals surface area contributed by atoms with Gasteiger partial charge in [0.15, 0.2) is 0 Å². The highest BCUT2D eigenvalue weighted by atomic mass is 35.5. The van der Waals surface area contributed by atoms with Gasteiger partial charge in [-0.15, -0.1) is 25.6 Å². The van der Waals surface area contributed by atoms with Gasteiger partial charge in [-0.05, 0) is 37.9 Å². The predicted molar refractivity (Wildman–Crippen MR) is 162 cm³/mol. The van der Waals surface area contributed by atoms with Crippen LogP contribution in [-0.2, 0) is 19.1 Å². The fraction of sp³-hybridized carbons (Fsp3) is 0.406. The first kappa shape index (κ1) is 32.1. The number of carbonyl (C=O) groups is 3. The van der Waals surface area contributed by atoms with Crippen molar-refractivity contribution < 1.29 is 19.1 Å². The number of nitrogens with zero attached hydrogens (tertiary/aromatic N) is 1. The molecule has 2 aliphatic heterocycles. The van der Waals surface area contributed by atoms with Crippen LogP contribution in [-0.4, -0.2) is 60.6 Å². The Hall–Kier alpha value is -3.46. The number of hydrogen-bond donors (Lipinski definition) is 3. The van der Waals surface area contributed by atoms with E-state index in [9.17, 15) is 14.4 Å². The number of likely N-dealkylation sites (N-methyl/N-ethyl adjacent to an activating group) is 1. The zero-order valence-corrected chi connectivity index (χ0v) is 24.6. The molecule has 2 heterocycles. The minimum absolute atomic E-state index is 0. The van der Waals surface area contributed by atoms with Crippen molar-refractivity contribution in [1.29, 1.82) is 0 Å². The van der Waals surface area contributed by atoms with Gasteiger partial charge in [-0.2, -0.15) is 0 Å². The molecule has 0 radical (unpaired) electrons. The number of amides is 3. The number of rotatable bonds is 11. The summed E-state index contributed by atoms with van der Waals surface area (Å²) in [5, 5.41) is 9.04. The quantitative estimate of drug-likeness (QED) is 0.350. The van der Waals surface area contributed by atoms with Gasteiger partial charge in [0.05, 0.1) is 18.7 Å². The summed E-state index contributed by atoms with van der Waals surface area (Å²) in [6, 6.07) is 17.0. The third kappa shape index (κ3) is 6.89. The van der Waals surface area contributed by atoms with E-state index in [1.54, 1.807) is 31.0 Å². The van der Waals surface area contributed by atoms with Crippen LogP contribution in [0.15, 0.2) is 86.0 Å². The van der Waals surface area contributed by atoms with Crippen LogP contribution in [0, 0.1) is 5.41 Å². The molecule has 0 spiro atoms. The van der Waals surface area contributed by atoms with E-state index < -0.39 is 35.8 Å². The van der Waals surface area contributed by atoms with Gasteiger partial charge < -0.3 is 25.6 Å². The number of hydrogen-bond acceptors (Lipinski definition) is 5. The van der Waals surface area contributed by atoms with Gasteiger partial charge in [0, 0.05) is 18.3 Å². The molecule has 0 aliphatic carbocycles. The zero-order valence-electron chi connectivity index (χ0n) is 23.8. The van der Waals surface area contributed by atoms with Crippen LogP contribution in [0.4, 0.5) is 0 Å². The Kier molecular flexibility index (Phi) is 11.3. The Bertz CT molecular complexity index is 1160. The molecule has 0 aromatic heterocycles. The Balaban J connectivity index is 0.00000462. The smallest absolute Gasteiger partial charge is 0.247 e. The molecule has 8 nitrogen and oxygen atoms in total. The molecule has 3 amide bonds. The molecule has 220 valence electrons. The van der Waals surface area contributed by atoms with Gasteiger partial charge in [0.25, 0.3) is 0 Å². The minimum atomic E-state index is -0.852. The second kappa shape index (κ2) is 14.4. The van der Waals surface area contributed by atoms with Crippen LogP contribution in [0.5, 0.6) is 0 Å². The fourth-order valence-electron chi connectivity index (χ4n) is 5.94. The maximum absolute atomic E-state index is 14.4. The number of fused-ring (bicyclic) bond motifs is 1. The lowest BCUT2D eigenvalue weighted by atomic mass is 9.73. The van der Waals surface area contributed by atoms with Crippen molar-refractivity contribution in [2.45, 2.75) is 63.0 Å². The van der Waals surface area contributed by atoms with Gasteiger partial charge in [0.2, 0.25) is 17.7 Å². The number of carbonyl (C=O) groups excluding carboxylic acids is 3. The average molecular weight is 581 g/mol. The summed E-state index contributed by atoms with van der Waals surface area (Å²) in [4.78, 5) is 42.8. The number of halogens is 1. The van der Waals surface area contributed by atoms with E-state index >= 15 is 0 Å². The van der Waals surface area contributed by atoms with Crippen molar-refractivity contribution in [2.24, 2.45) is 5.41 Å². The molecule has 2 unspecified atom stereocenters. The Morgan fingerprint density at radius 1 is 1.05 bits per heavy atom. The average Bonchev–Trinajstić information content (AvgIpc) is 3.21. The van der Waals surface area contributed by atoms with Gasteiger partial charge in [-0.3, -0.25) is 14.4 Å². The highest BCUT2D eigenvalue weighted by Gasteiger charge is 2.58. The van der Waals surface area contributed by atoms with E-state index in [1.165, 1.54) is 0 Å². The Morgan fingerprint density at radius 2 is 1.61 bits per heavy atom. The van der Waals surface area contributed by atoms with E-state index in [-0.39, 0.29) is 36.7 Å². The van der Waals surface area contributed by atoms with Crippen molar-refractivity contribution in [1.82, 2.24) is 20.9 Å². The standard InChI is InChI=1S/C32H40N4O4.ClH/c1-5-18-32(19-6-2)21-26-36(31(39)25(17-20-40-26)34-29(37)22(3)33-4)28(32)30(38)35-27(23-13-9-7-10-14-23)24-15-11-8-12-16-24;/h5-16,22,25-28,33H,1-2,17-21H2,3-4H3,(H,34,37)(H,35,38);1H/t22-,25-,26?,28?;/m0./s1. The molecular formula is C32H41ClN4O4. The second-order valence-electron chi connectivity index (χ2n) is 10.6. The number of benzene rings is 2. The zero-order chi connectivity index (χ0) is 28.7. The van der Waals surface area contributed by atoms with Crippen molar-refractivity contribution in [2.75, 3.05) is 13.7 Å². The van der Waals surface area contributed by atoms with Gasteiger partial charge in [-0.1, -0.05) is 72.8 Å². The van der Waals surface area contributed by atoms with E-state index in [4.69, 9.17) is 4.74 Å². The van der Waals surface area contributed by atoms with Crippen molar-refractivity contribution in [3.05, 3.63) is 97.1 Å². The van der Waals surface area contributed by atoms with Crippen LogP contribution in [0.2, 0.25) is 0 Å². The Labute approximate surface area is 249 Å². The summed E-state index contributed by atoms with van der Waals surface area (Å²) >= 11 is 0. The molecule has 4 atom stereocenters. The summed E-state index contributed by atoms with van der Waals surface area (Å²) in [7, 11) is 1.69. The van der Waals surface area contributed by atoms with Crippen molar-refractivity contribution in [3.63, 3.8) is 0 Å². The largest absolute Gasteiger partial charge is 0.358 e. The van der Waals surface area contributed by atoms with Gasteiger partial charge in [0.1, 0.15) is 18.3 Å². The van der Waals surface area contributed by atoms with Gasteiger partial charge >= 0.3 is 0 Å². The third-order valence-corrected chi connectivity index (χ3v) is 8.06. The molecule has 9 heteroatoms. The third-order valence-electron chi connectivity index (χ3n) is 8.06. The maximum atomic E-state index is 14.4. The van der Waals surface area contributed by atoms with Crippen LogP contribution >= 0.6 is 12.4 Å². The summed E-state index contributed by atoms with van der Waals surface area (Å²) in [6.45, 7) is 9.95. The lowest BCUT2D eigenvalue weighted by Gasteiger charge is -2.37. The molecule has 41 heavy (non-hydrogen) atoms. The summed E-state index contributed by atoms with van der Waals surface area (Å²) in [5.41, 5.74) is 1.20. The van der Waals surface area contributed by atoms with Crippen LogP contribution in [0.3, 0.4) is 0 Å². The highest BCUT2D eigenvalue weighted by molar-refractivity contribution is 5.94. The number of allylic oxidation sites excluding steroid dienone is 2.